The molecule has 0 bridgehead atoms. The molecule has 0 saturated heterocycles. The summed E-state index contributed by atoms with van der Waals surface area (Å²) in [5, 5.41) is 33.4. The Morgan fingerprint density at radius 3 is 1.72 bits per heavy atom. The van der Waals surface area contributed by atoms with Gasteiger partial charge in [-0.2, -0.15) is 0 Å². The molecule has 0 aliphatic carbocycles. The Kier molecular flexibility index (Phi) is 9.49. The van der Waals surface area contributed by atoms with Crippen LogP contribution in [-0.2, 0) is 9.59 Å². The second-order valence-corrected chi connectivity index (χ2v) is 5.92. The minimum Gasteiger partial charge on any atom is -0.571 e. The average Bonchev–Trinajstić information content (AvgIpc) is 2.68. The van der Waals surface area contributed by atoms with Crippen molar-refractivity contribution in [1.82, 2.24) is 10.0 Å². The monoisotopic (exact) mass is 408 g/mol. The molecule has 11 nitrogen and oxygen atoms in total. The van der Waals surface area contributed by atoms with Crippen LogP contribution < -0.4 is 4.74 Å². The number of para-hydroxylation sites is 1. The molecule has 1 aromatic rings. The number of carbonyl (C=O) groups is 2. The Morgan fingerprint density at radius 2 is 1.34 bits per heavy atom. The second kappa shape index (κ2) is 11.6. The van der Waals surface area contributed by atoms with Crippen LogP contribution in [0.1, 0.15) is 33.3 Å². The van der Waals surface area contributed by atoms with Crippen LogP contribution in [-0.4, -0.2) is 64.1 Å². The van der Waals surface area contributed by atoms with Gasteiger partial charge in [0.25, 0.3) is 6.10 Å². The molecule has 0 saturated carbocycles. The van der Waals surface area contributed by atoms with E-state index in [1.807, 2.05) is 0 Å². The predicted molar refractivity (Wildman–Crippen MR) is 104 cm³/mol. The van der Waals surface area contributed by atoms with Crippen LogP contribution in [0.3, 0.4) is 0 Å². The molecule has 0 heterocycles. The zero-order chi connectivity index (χ0) is 22.0. The van der Waals surface area contributed by atoms with Gasteiger partial charge in [-0.05, 0) is 46.2 Å². The number of nitrogens with zero attached hydrogens (tertiary/aromatic N) is 6. The van der Waals surface area contributed by atoms with E-state index in [4.69, 9.17) is 4.74 Å². The van der Waals surface area contributed by atoms with Gasteiger partial charge in [0.05, 0.1) is 36.4 Å². The SMILES string of the molecule is CCN(CC)[N+]([O-])=NC(=O)C(Oc1ccccc1C)C(=O)N=[N+]([O-])N(CC)CC. The molecule has 0 aromatic heterocycles. The van der Waals surface area contributed by atoms with Crippen molar-refractivity contribution in [2.75, 3.05) is 26.2 Å². The van der Waals surface area contributed by atoms with E-state index in [0.29, 0.717) is 31.7 Å². The first-order valence-corrected chi connectivity index (χ1v) is 9.46. The van der Waals surface area contributed by atoms with Crippen molar-refractivity contribution >= 4 is 11.8 Å². The number of rotatable bonds is 10. The van der Waals surface area contributed by atoms with Gasteiger partial charge >= 0.3 is 11.8 Å². The molecule has 0 radical (unpaired) electrons. The molecule has 0 fully saturated rings. The van der Waals surface area contributed by atoms with Gasteiger partial charge in [-0.15, -0.1) is 10.0 Å². The quantitative estimate of drug-likeness (QED) is 0.251. The Morgan fingerprint density at radius 1 is 0.931 bits per heavy atom. The van der Waals surface area contributed by atoms with Crippen LogP contribution >= 0.6 is 0 Å². The number of benzene rings is 1. The smallest absolute Gasteiger partial charge is 0.363 e. The zero-order valence-corrected chi connectivity index (χ0v) is 17.4. The summed E-state index contributed by atoms with van der Waals surface area (Å²) in [5.41, 5.74) is 0.656. The number of carbonyl (C=O) groups excluding carboxylic acids is 2. The molecular formula is C18H28N6O5. The van der Waals surface area contributed by atoms with Gasteiger partial charge in [0.2, 0.25) is 0 Å². The maximum absolute atomic E-state index is 12.6. The first kappa shape index (κ1) is 23.8. The summed E-state index contributed by atoms with van der Waals surface area (Å²) in [6.45, 7) is 9.85. The lowest BCUT2D eigenvalue weighted by Crippen LogP contribution is -2.39. The minimum atomic E-state index is -1.87. The molecule has 160 valence electrons. The van der Waals surface area contributed by atoms with Gasteiger partial charge in [0, 0.05) is 9.94 Å². The number of hydrazine groups is 2. The van der Waals surface area contributed by atoms with Crippen molar-refractivity contribution in [1.29, 1.82) is 0 Å². The molecule has 0 N–H and O–H groups in total. The summed E-state index contributed by atoms with van der Waals surface area (Å²) in [4.78, 5) is 25.4. The molecular weight excluding hydrogens is 380 g/mol. The van der Waals surface area contributed by atoms with Crippen LogP contribution in [0, 0.1) is 17.3 Å². The molecule has 1 rings (SSSR count). The van der Waals surface area contributed by atoms with Crippen LogP contribution in [0.5, 0.6) is 5.75 Å². The van der Waals surface area contributed by atoms with Crippen molar-refractivity contribution in [3.63, 3.8) is 0 Å². The lowest BCUT2D eigenvalue weighted by atomic mass is 10.2. The lowest BCUT2D eigenvalue weighted by molar-refractivity contribution is -0.688. The molecule has 11 heteroatoms. The fourth-order valence-electron chi connectivity index (χ4n) is 2.35. The van der Waals surface area contributed by atoms with Gasteiger partial charge in [-0.3, -0.25) is 9.59 Å². The summed E-state index contributed by atoms with van der Waals surface area (Å²) in [6, 6.07) is 6.70. The summed E-state index contributed by atoms with van der Waals surface area (Å²) < 4.78 is 5.51. The second-order valence-electron chi connectivity index (χ2n) is 5.92. The molecule has 0 aliphatic rings. The standard InChI is InChI=1S/C18H28N6O5/c1-6-21(7-2)23(27)19-17(25)16(29-15-13-11-10-12-14(15)5)18(26)20-24(28)22(8-3)9-4/h10-13,16H,6-9H2,1-5H3. The van der Waals surface area contributed by atoms with E-state index in [1.54, 1.807) is 58.9 Å². The van der Waals surface area contributed by atoms with Crippen molar-refractivity contribution < 1.29 is 24.3 Å². The molecule has 2 amide bonds. The van der Waals surface area contributed by atoms with Gasteiger partial charge in [-0.1, -0.05) is 18.2 Å². The van der Waals surface area contributed by atoms with E-state index >= 15 is 0 Å². The zero-order valence-electron chi connectivity index (χ0n) is 17.4. The van der Waals surface area contributed by atoms with Crippen LogP contribution in [0.2, 0.25) is 0 Å². The van der Waals surface area contributed by atoms with Gasteiger partial charge < -0.3 is 15.2 Å². The predicted octanol–water partition coefficient (Wildman–Crippen LogP) is 2.23. The van der Waals surface area contributed by atoms with E-state index in [9.17, 15) is 20.0 Å². The summed E-state index contributed by atoms with van der Waals surface area (Å²) in [7, 11) is 0. The fraction of sp³-hybridized carbons (Fsp3) is 0.556. The summed E-state index contributed by atoms with van der Waals surface area (Å²) >= 11 is 0. The third-order valence-corrected chi connectivity index (χ3v) is 4.10. The summed E-state index contributed by atoms with van der Waals surface area (Å²) in [5.74, 6) is -2.07. The average molecular weight is 408 g/mol. The Bertz CT molecular complexity index is 719. The van der Waals surface area contributed by atoms with E-state index in [1.165, 1.54) is 10.0 Å². The fourth-order valence-corrected chi connectivity index (χ4v) is 2.35. The Labute approximate surface area is 170 Å². The highest BCUT2D eigenvalue weighted by Crippen LogP contribution is 2.19. The maximum Gasteiger partial charge on any atom is 0.363 e. The van der Waals surface area contributed by atoms with Crippen LogP contribution in [0.15, 0.2) is 34.5 Å². The normalized spacial score (nSPS) is 13.0. The van der Waals surface area contributed by atoms with Gasteiger partial charge in [-0.25, -0.2) is 0 Å². The van der Waals surface area contributed by atoms with Crippen LogP contribution in [0.25, 0.3) is 0 Å². The lowest BCUT2D eigenvalue weighted by Gasteiger charge is -2.17. The van der Waals surface area contributed by atoms with Crippen LogP contribution in [0.4, 0.5) is 0 Å². The first-order valence-electron chi connectivity index (χ1n) is 9.46. The maximum atomic E-state index is 12.6. The molecule has 0 atom stereocenters. The minimum absolute atomic E-state index is 0.114. The number of amides is 2. The van der Waals surface area contributed by atoms with E-state index in [2.05, 4.69) is 10.2 Å². The number of hydrogen-bond acceptors (Lipinski definition) is 5. The number of aryl methyl sites for hydroxylation is 1. The highest BCUT2D eigenvalue weighted by molar-refractivity contribution is 6.03. The Balaban J connectivity index is 3.26. The molecule has 0 aliphatic heterocycles. The highest BCUT2D eigenvalue weighted by atomic mass is 16.6. The third kappa shape index (κ3) is 6.70. The first-order chi connectivity index (χ1) is 13.8. The van der Waals surface area contributed by atoms with E-state index in [-0.39, 0.29) is 15.7 Å². The van der Waals surface area contributed by atoms with Crippen molar-refractivity contribution in [2.45, 2.75) is 40.7 Å². The van der Waals surface area contributed by atoms with Crippen molar-refractivity contribution in [2.24, 2.45) is 10.2 Å². The largest absolute Gasteiger partial charge is 0.571 e. The highest BCUT2D eigenvalue weighted by Gasteiger charge is 2.35. The molecule has 1 aromatic carbocycles. The van der Waals surface area contributed by atoms with Gasteiger partial charge in [0.1, 0.15) is 5.75 Å². The van der Waals surface area contributed by atoms with Crippen molar-refractivity contribution in [3.8, 4) is 5.75 Å². The third-order valence-electron chi connectivity index (χ3n) is 4.10. The summed E-state index contributed by atoms with van der Waals surface area (Å²) in [6.07, 6.45) is -1.87. The van der Waals surface area contributed by atoms with Crippen molar-refractivity contribution in [3.05, 3.63) is 40.2 Å². The molecule has 29 heavy (non-hydrogen) atoms. The topological polar surface area (TPSA) is 127 Å². The number of hydrogen-bond donors (Lipinski definition) is 0. The van der Waals surface area contributed by atoms with E-state index < -0.39 is 17.9 Å². The molecule has 0 spiro atoms. The van der Waals surface area contributed by atoms with E-state index in [0.717, 1.165) is 0 Å². The number of ether oxygens (including phenoxy) is 1. The van der Waals surface area contributed by atoms with Gasteiger partial charge in [0.15, 0.2) is 0 Å². The molecule has 0 unspecified atom stereocenters. The Hall–Kier alpha value is -3.24.